The molecule has 0 saturated carbocycles. The number of rotatable bonds is 3. The minimum Gasteiger partial charge on any atom is -0.444 e. The van der Waals surface area contributed by atoms with E-state index in [2.05, 4.69) is 33.9 Å². The maximum atomic E-state index is 12.2. The third kappa shape index (κ3) is 4.81. The third-order valence-electron chi connectivity index (χ3n) is 4.36. The van der Waals surface area contributed by atoms with Gasteiger partial charge in [0, 0.05) is 13.0 Å². The molecule has 6 heteroatoms. The molecular formula is C16H31NO4Si. The molecule has 128 valence electrons. The number of ether oxygens (including phenoxy) is 1. The Morgan fingerprint density at radius 1 is 1.18 bits per heavy atom. The van der Waals surface area contributed by atoms with Gasteiger partial charge in [-0.1, -0.05) is 20.8 Å². The Morgan fingerprint density at radius 2 is 1.73 bits per heavy atom. The van der Waals surface area contributed by atoms with Crippen LogP contribution in [0.5, 0.6) is 0 Å². The van der Waals surface area contributed by atoms with Crippen molar-refractivity contribution in [3.8, 4) is 0 Å². The molecule has 0 N–H and O–H groups in total. The zero-order valence-corrected chi connectivity index (χ0v) is 16.2. The van der Waals surface area contributed by atoms with E-state index in [9.17, 15) is 9.59 Å². The van der Waals surface area contributed by atoms with Gasteiger partial charge in [-0.05, 0) is 38.9 Å². The van der Waals surface area contributed by atoms with Gasteiger partial charge >= 0.3 is 6.09 Å². The standard InChI is InChI=1S/C16H31NO4Si/c1-15(2,3)20-14(19)17-10-13(9-12(17)11-18)21-22(7,8)16(4,5)6/h11-13H,9-10H2,1-8H3/t12-,13?/m0/s1. The molecule has 0 aromatic rings. The molecule has 1 aliphatic heterocycles. The van der Waals surface area contributed by atoms with E-state index in [1.807, 2.05) is 20.8 Å². The quantitative estimate of drug-likeness (QED) is 0.586. The first kappa shape index (κ1) is 19.2. The second-order valence-electron chi connectivity index (χ2n) is 8.57. The van der Waals surface area contributed by atoms with Crippen LogP contribution in [-0.4, -0.2) is 49.9 Å². The number of carbonyl (C=O) groups is 2. The maximum absolute atomic E-state index is 12.2. The van der Waals surface area contributed by atoms with Crippen LogP contribution in [0.1, 0.15) is 48.0 Å². The fourth-order valence-corrected chi connectivity index (χ4v) is 3.52. The van der Waals surface area contributed by atoms with Crippen molar-refractivity contribution >= 4 is 20.7 Å². The Balaban J connectivity index is 2.77. The Labute approximate surface area is 135 Å². The Morgan fingerprint density at radius 3 is 2.14 bits per heavy atom. The van der Waals surface area contributed by atoms with Gasteiger partial charge in [0.15, 0.2) is 8.32 Å². The average molecular weight is 330 g/mol. The first-order valence-corrected chi connectivity index (χ1v) is 10.8. The van der Waals surface area contributed by atoms with E-state index in [4.69, 9.17) is 9.16 Å². The zero-order valence-electron chi connectivity index (χ0n) is 15.2. The molecule has 1 heterocycles. The lowest BCUT2D eigenvalue weighted by atomic mass is 10.2. The molecule has 1 aliphatic rings. The van der Waals surface area contributed by atoms with E-state index in [0.29, 0.717) is 13.0 Å². The van der Waals surface area contributed by atoms with E-state index in [-0.39, 0.29) is 11.1 Å². The molecule has 1 unspecified atom stereocenters. The van der Waals surface area contributed by atoms with Crippen molar-refractivity contribution in [1.82, 2.24) is 4.90 Å². The minimum absolute atomic E-state index is 0.0939. The highest BCUT2D eigenvalue weighted by Crippen LogP contribution is 2.38. The van der Waals surface area contributed by atoms with Gasteiger partial charge in [-0.2, -0.15) is 0 Å². The highest BCUT2D eigenvalue weighted by molar-refractivity contribution is 6.74. The molecule has 1 rings (SSSR count). The highest BCUT2D eigenvalue weighted by atomic mass is 28.4. The molecule has 1 amide bonds. The van der Waals surface area contributed by atoms with Gasteiger partial charge in [0.2, 0.25) is 0 Å². The number of hydrogen-bond donors (Lipinski definition) is 0. The number of aldehydes is 1. The summed E-state index contributed by atoms with van der Waals surface area (Å²) < 4.78 is 11.7. The number of carbonyl (C=O) groups excluding carboxylic acids is 2. The summed E-state index contributed by atoms with van der Waals surface area (Å²) in [5, 5.41) is 0.100. The van der Waals surface area contributed by atoms with E-state index >= 15 is 0 Å². The molecule has 0 aromatic heterocycles. The molecule has 0 aromatic carbocycles. The maximum Gasteiger partial charge on any atom is 0.410 e. The van der Waals surface area contributed by atoms with Crippen LogP contribution in [0.4, 0.5) is 4.79 Å². The smallest absolute Gasteiger partial charge is 0.410 e. The summed E-state index contributed by atoms with van der Waals surface area (Å²) in [4.78, 5) is 25.0. The minimum atomic E-state index is -1.92. The van der Waals surface area contributed by atoms with Crippen LogP contribution in [0.25, 0.3) is 0 Å². The number of amides is 1. The van der Waals surface area contributed by atoms with Gasteiger partial charge in [-0.25, -0.2) is 4.79 Å². The molecule has 22 heavy (non-hydrogen) atoms. The van der Waals surface area contributed by atoms with Gasteiger partial charge in [-0.3, -0.25) is 4.90 Å². The predicted octanol–water partition coefficient (Wildman–Crippen LogP) is 3.59. The second-order valence-corrected chi connectivity index (χ2v) is 13.3. The Hall–Kier alpha value is -0.883. The Bertz CT molecular complexity index is 423. The Kier molecular flexibility index (Phi) is 5.50. The fraction of sp³-hybridized carbons (Fsp3) is 0.875. The summed E-state index contributed by atoms with van der Waals surface area (Å²) in [6.07, 6.45) is 0.836. The van der Waals surface area contributed by atoms with Crippen LogP contribution in [0, 0.1) is 0 Å². The van der Waals surface area contributed by atoms with Crippen molar-refractivity contribution in [1.29, 1.82) is 0 Å². The monoisotopic (exact) mass is 329 g/mol. The summed E-state index contributed by atoms with van der Waals surface area (Å²) in [5.41, 5.74) is -0.567. The normalized spacial score (nSPS) is 23.5. The van der Waals surface area contributed by atoms with Crippen molar-refractivity contribution in [2.45, 2.75) is 83.8 Å². The lowest BCUT2D eigenvalue weighted by Gasteiger charge is -2.38. The summed E-state index contributed by atoms with van der Waals surface area (Å²) >= 11 is 0. The average Bonchev–Trinajstić information content (AvgIpc) is 2.67. The van der Waals surface area contributed by atoms with Crippen LogP contribution < -0.4 is 0 Å². The molecule has 1 fully saturated rings. The van der Waals surface area contributed by atoms with Gasteiger partial charge in [0.05, 0.1) is 12.1 Å². The van der Waals surface area contributed by atoms with E-state index in [1.54, 1.807) is 0 Å². The summed E-state index contributed by atoms with van der Waals surface area (Å²) in [6.45, 7) is 16.8. The molecular weight excluding hydrogens is 298 g/mol. The molecule has 0 radical (unpaired) electrons. The predicted molar refractivity (Wildman–Crippen MR) is 89.5 cm³/mol. The lowest BCUT2D eigenvalue weighted by Crippen LogP contribution is -2.45. The largest absolute Gasteiger partial charge is 0.444 e. The van der Waals surface area contributed by atoms with Crippen LogP contribution >= 0.6 is 0 Å². The molecule has 0 spiro atoms. The van der Waals surface area contributed by atoms with Crippen LogP contribution in [0.2, 0.25) is 18.1 Å². The molecule has 0 bridgehead atoms. The first-order chi connectivity index (χ1) is 9.77. The topological polar surface area (TPSA) is 55.8 Å². The molecule has 5 nitrogen and oxygen atoms in total. The summed E-state index contributed by atoms with van der Waals surface area (Å²) in [5.74, 6) is 0. The second kappa shape index (κ2) is 6.32. The number of likely N-dealkylation sites (tertiary alicyclic amines) is 1. The van der Waals surface area contributed by atoms with Gasteiger partial charge in [-0.15, -0.1) is 0 Å². The van der Waals surface area contributed by atoms with Crippen molar-refractivity contribution in [2.24, 2.45) is 0 Å². The van der Waals surface area contributed by atoms with Crippen molar-refractivity contribution in [3.05, 3.63) is 0 Å². The summed E-state index contributed by atoms with van der Waals surface area (Å²) in [6, 6.07) is -0.454. The van der Waals surface area contributed by atoms with Crippen molar-refractivity contribution in [3.63, 3.8) is 0 Å². The van der Waals surface area contributed by atoms with Crippen LogP contribution in [0.15, 0.2) is 0 Å². The zero-order chi connectivity index (χ0) is 17.3. The van der Waals surface area contributed by atoms with E-state index in [1.165, 1.54) is 4.90 Å². The third-order valence-corrected chi connectivity index (χ3v) is 8.89. The van der Waals surface area contributed by atoms with Gasteiger partial charge in [0.25, 0.3) is 0 Å². The van der Waals surface area contributed by atoms with Crippen molar-refractivity contribution in [2.75, 3.05) is 6.54 Å². The first-order valence-electron chi connectivity index (χ1n) is 7.89. The van der Waals surface area contributed by atoms with Crippen LogP contribution in [-0.2, 0) is 14.0 Å². The molecule has 0 aliphatic carbocycles. The number of hydrogen-bond acceptors (Lipinski definition) is 4. The lowest BCUT2D eigenvalue weighted by molar-refractivity contribution is -0.111. The van der Waals surface area contributed by atoms with Gasteiger partial charge < -0.3 is 14.0 Å². The highest BCUT2D eigenvalue weighted by Gasteiger charge is 2.44. The van der Waals surface area contributed by atoms with Crippen molar-refractivity contribution < 1.29 is 18.8 Å². The molecule has 1 saturated heterocycles. The van der Waals surface area contributed by atoms with Gasteiger partial charge in [0.1, 0.15) is 11.9 Å². The summed E-state index contributed by atoms with van der Waals surface area (Å²) in [7, 11) is -1.92. The van der Waals surface area contributed by atoms with E-state index < -0.39 is 26.1 Å². The number of nitrogens with zero attached hydrogens (tertiary/aromatic N) is 1. The van der Waals surface area contributed by atoms with Crippen LogP contribution in [0.3, 0.4) is 0 Å². The SMILES string of the molecule is CC(C)(C)OC(=O)N1CC(O[Si](C)(C)C(C)(C)C)C[C@H]1C=O. The fourth-order valence-electron chi connectivity index (χ4n) is 2.16. The molecule has 2 atom stereocenters. The van der Waals surface area contributed by atoms with E-state index in [0.717, 1.165) is 6.29 Å².